The predicted molar refractivity (Wildman–Crippen MR) is 96.4 cm³/mol. The molecular weight excluding hydrogens is 320 g/mol. The summed E-state index contributed by atoms with van der Waals surface area (Å²) in [5.74, 6) is 1.18. The number of rotatable bonds is 6. The van der Waals surface area contributed by atoms with Gasteiger partial charge in [0, 0.05) is 12.1 Å². The van der Waals surface area contributed by atoms with Crippen LogP contribution in [0.25, 0.3) is 11.0 Å². The molecule has 2 aromatic carbocycles. The summed E-state index contributed by atoms with van der Waals surface area (Å²) in [5.41, 5.74) is 2.11. The van der Waals surface area contributed by atoms with Gasteiger partial charge in [-0.15, -0.1) is 0 Å². The molecule has 0 saturated carbocycles. The molecule has 3 aromatic rings. The minimum absolute atomic E-state index is 0.135. The second kappa shape index (κ2) is 7.03. The van der Waals surface area contributed by atoms with Crippen LogP contribution >= 0.6 is 0 Å². The Bertz CT molecular complexity index is 942. The van der Waals surface area contributed by atoms with Crippen molar-refractivity contribution in [3.63, 3.8) is 0 Å². The Labute approximate surface area is 145 Å². The summed E-state index contributed by atoms with van der Waals surface area (Å²) in [6, 6.07) is 12.8. The lowest BCUT2D eigenvalue weighted by Gasteiger charge is -2.16. The zero-order valence-corrected chi connectivity index (χ0v) is 14.6. The molecule has 132 valence electrons. The molecule has 1 heterocycles. The van der Waals surface area contributed by atoms with Crippen molar-refractivity contribution in [1.82, 2.24) is 9.13 Å². The quantitative estimate of drug-likeness (QED) is 0.748. The second-order valence-electron chi connectivity index (χ2n) is 5.75. The van der Waals surface area contributed by atoms with Gasteiger partial charge in [0.15, 0.2) is 0 Å². The van der Waals surface area contributed by atoms with Gasteiger partial charge in [0.1, 0.15) is 17.6 Å². The number of ether oxygens (including phenoxy) is 2. The van der Waals surface area contributed by atoms with Gasteiger partial charge in [-0.1, -0.05) is 12.1 Å². The number of aliphatic hydroxyl groups is 1. The van der Waals surface area contributed by atoms with E-state index in [1.165, 1.54) is 0 Å². The number of nitrogens with zero attached hydrogens (tertiary/aromatic N) is 2. The molecule has 0 bridgehead atoms. The van der Waals surface area contributed by atoms with Crippen LogP contribution in [0.3, 0.4) is 0 Å². The van der Waals surface area contributed by atoms with E-state index in [1.54, 1.807) is 41.6 Å². The topological polar surface area (TPSA) is 65.6 Å². The van der Waals surface area contributed by atoms with Gasteiger partial charge < -0.3 is 14.6 Å². The van der Waals surface area contributed by atoms with E-state index >= 15 is 0 Å². The highest BCUT2D eigenvalue weighted by Crippen LogP contribution is 2.30. The molecule has 1 aromatic heterocycles. The molecule has 1 unspecified atom stereocenters. The van der Waals surface area contributed by atoms with Crippen molar-refractivity contribution < 1.29 is 14.6 Å². The van der Waals surface area contributed by atoms with Crippen molar-refractivity contribution >= 4 is 11.0 Å². The number of aryl methyl sites for hydroxylation is 1. The Morgan fingerprint density at radius 3 is 2.32 bits per heavy atom. The van der Waals surface area contributed by atoms with E-state index in [4.69, 9.17) is 9.47 Å². The Morgan fingerprint density at radius 1 is 1.04 bits per heavy atom. The van der Waals surface area contributed by atoms with E-state index in [1.807, 2.05) is 31.2 Å². The number of aliphatic hydroxyl groups excluding tert-OH is 1. The van der Waals surface area contributed by atoms with Crippen LogP contribution in [-0.4, -0.2) is 28.5 Å². The van der Waals surface area contributed by atoms with Crippen molar-refractivity contribution in [2.75, 3.05) is 14.2 Å². The zero-order chi connectivity index (χ0) is 18.0. The lowest BCUT2D eigenvalue weighted by Crippen LogP contribution is -2.26. The van der Waals surface area contributed by atoms with Gasteiger partial charge >= 0.3 is 5.69 Å². The van der Waals surface area contributed by atoms with Gasteiger partial charge in [0.25, 0.3) is 0 Å². The highest BCUT2D eigenvalue weighted by Gasteiger charge is 2.19. The highest BCUT2D eigenvalue weighted by atomic mass is 16.5. The molecule has 0 aliphatic rings. The number of fused-ring (bicyclic) bond motifs is 1. The molecular formula is C19H22N2O4. The molecule has 0 fully saturated rings. The van der Waals surface area contributed by atoms with E-state index in [0.717, 1.165) is 11.0 Å². The van der Waals surface area contributed by atoms with Gasteiger partial charge in [-0.3, -0.25) is 9.13 Å². The van der Waals surface area contributed by atoms with Crippen molar-refractivity contribution in [1.29, 1.82) is 0 Å². The van der Waals surface area contributed by atoms with Crippen LogP contribution in [0.1, 0.15) is 18.6 Å². The van der Waals surface area contributed by atoms with Crippen LogP contribution in [0, 0.1) is 0 Å². The second-order valence-corrected chi connectivity index (χ2v) is 5.75. The van der Waals surface area contributed by atoms with Gasteiger partial charge in [0.2, 0.25) is 0 Å². The average molecular weight is 342 g/mol. The van der Waals surface area contributed by atoms with E-state index in [9.17, 15) is 9.90 Å². The van der Waals surface area contributed by atoms with Crippen molar-refractivity contribution in [2.24, 2.45) is 0 Å². The number of hydrogen-bond acceptors (Lipinski definition) is 4. The van der Waals surface area contributed by atoms with Crippen LogP contribution in [0.2, 0.25) is 0 Å². The molecule has 25 heavy (non-hydrogen) atoms. The predicted octanol–water partition coefficient (Wildman–Crippen LogP) is 2.57. The van der Waals surface area contributed by atoms with Crippen LogP contribution in [-0.2, 0) is 13.1 Å². The normalized spacial score (nSPS) is 12.3. The molecule has 0 radical (unpaired) electrons. The van der Waals surface area contributed by atoms with Gasteiger partial charge in [0.05, 0.1) is 31.8 Å². The molecule has 3 rings (SSSR count). The van der Waals surface area contributed by atoms with Crippen LogP contribution in [0.5, 0.6) is 11.5 Å². The van der Waals surface area contributed by atoms with E-state index in [-0.39, 0.29) is 12.2 Å². The fourth-order valence-corrected chi connectivity index (χ4v) is 3.13. The van der Waals surface area contributed by atoms with Crippen molar-refractivity contribution in [3.05, 3.63) is 58.5 Å². The fourth-order valence-electron chi connectivity index (χ4n) is 3.13. The minimum Gasteiger partial charge on any atom is -0.497 e. The van der Waals surface area contributed by atoms with Gasteiger partial charge in [-0.2, -0.15) is 0 Å². The molecule has 0 aliphatic heterocycles. The number of methoxy groups -OCH3 is 2. The fraction of sp³-hybridized carbons (Fsp3) is 0.316. The van der Waals surface area contributed by atoms with Crippen molar-refractivity contribution in [2.45, 2.75) is 26.1 Å². The maximum absolute atomic E-state index is 12.7. The minimum atomic E-state index is -0.904. The summed E-state index contributed by atoms with van der Waals surface area (Å²) < 4.78 is 13.9. The first-order valence-corrected chi connectivity index (χ1v) is 8.18. The van der Waals surface area contributed by atoms with Crippen molar-refractivity contribution in [3.8, 4) is 11.5 Å². The summed E-state index contributed by atoms with van der Waals surface area (Å²) >= 11 is 0. The van der Waals surface area contributed by atoms with Crippen LogP contribution in [0.4, 0.5) is 0 Å². The summed E-state index contributed by atoms with van der Waals surface area (Å²) in [4.78, 5) is 12.7. The Balaban J connectivity index is 2.05. The maximum atomic E-state index is 12.7. The largest absolute Gasteiger partial charge is 0.497 e. The summed E-state index contributed by atoms with van der Waals surface area (Å²) in [6.07, 6.45) is -0.904. The monoisotopic (exact) mass is 342 g/mol. The molecule has 0 saturated heterocycles. The standard InChI is InChI=1S/C19H22N2O4/c1-4-20-15-7-5-6-8-16(15)21(19(20)23)12-17(22)14-11-13(24-2)9-10-18(14)25-3/h5-11,17,22H,4,12H2,1-3H3. The summed E-state index contributed by atoms with van der Waals surface area (Å²) in [7, 11) is 3.12. The smallest absolute Gasteiger partial charge is 0.329 e. The molecule has 6 nitrogen and oxygen atoms in total. The lowest BCUT2D eigenvalue weighted by atomic mass is 10.1. The summed E-state index contributed by atoms with van der Waals surface area (Å²) in [5, 5.41) is 10.8. The van der Waals surface area contributed by atoms with Gasteiger partial charge in [-0.25, -0.2) is 4.79 Å². The Kier molecular flexibility index (Phi) is 4.81. The Morgan fingerprint density at radius 2 is 1.72 bits per heavy atom. The Hall–Kier alpha value is -2.73. The molecule has 0 amide bonds. The third-order valence-electron chi connectivity index (χ3n) is 4.39. The van der Waals surface area contributed by atoms with E-state index in [0.29, 0.717) is 23.6 Å². The van der Waals surface area contributed by atoms with Crippen LogP contribution in [0.15, 0.2) is 47.3 Å². The molecule has 0 aliphatic carbocycles. The molecule has 1 atom stereocenters. The lowest BCUT2D eigenvalue weighted by molar-refractivity contribution is 0.152. The highest BCUT2D eigenvalue weighted by molar-refractivity contribution is 5.76. The molecule has 0 spiro atoms. The van der Waals surface area contributed by atoms with E-state index < -0.39 is 6.10 Å². The summed E-state index contributed by atoms with van der Waals surface area (Å²) in [6.45, 7) is 2.64. The number of benzene rings is 2. The number of imidazole rings is 1. The average Bonchev–Trinajstić information content (AvgIpc) is 2.92. The van der Waals surface area contributed by atoms with E-state index in [2.05, 4.69) is 0 Å². The number of para-hydroxylation sites is 2. The SMILES string of the molecule is CCn1c(=O)n(CC(O)c2cc(OC)ccc2OC)c2ccccc21. The first kappa shape index (κ1) is 17.1. The number of hydrogen-bond donors (Lipinski definition) is 1. The van der Waals surface area contributed by atoms with Crippen LogP contribution < -0.4 is 15.2 Å². The van der Waals surface area contributed by atoms with Gasteiger partial charge in [-0.05, 0) is 37.3 Å². The first-order valence-electron chi connectivity index (χ1n) is 8.18. The first-order chi connectivity index (χ1) is 12.1. The zero-order valence-electron chi connectivity index (χ0n) is 14.6. The third kappa shape index (κ3) is 3.00. The third-order valence-corrected chi connectivity index (χ3v) is 4.39. The molecule has 6 heteroatoms. The molecule has 1 N–H and O–H groups in total. The maximum Gasteiger partial charge on any atom is 0.329 e. The number of aromatic nitrogens is 2.